The number of aliphatic carboxylic acids is 1. The Morgan fingerprint density at radius 1 is 1.08 bits per heavy atom. The number of carbonyl (C=O) groups is 4. The predicted octanol–water partition coefficient (Wildman–Crippen LogP) is 3.11. The second kappa shape index (κ2) is 10.9. The molecule has 0 radical (unpaired) electrons. The number of amides is 3. The SMILES string of the molecule is Cc1cc2c(c(C)c1C(=O)N[C@@H](CNC(=O)c1cccs1)C(=O)O)CCN(C(=O)c1ccc3c(c1)OCC3)C2. The molecule has 10 heteroatoms. The molecule has 3 heterocycles. The Balaban J connectivity index is 1.29. The molecule has 0 spiro atoms. The monoisotopic (exact) mass is 547 g/mol. The average molecular weight is 548 g/mol. The van der Waals surface area contributed by atoms with E-state index in [1.165, 1.54) is 11.3 Å². The van der Waals surface area contributed by atoms with Crippen LogP contribution in [0.1, 0.15) is 58.2 Å². The van der Waals surface area contributed by atoms with Crippen molar-refractivity contribution in [3.05, 3.63) is 85.6 Å². The van der Waals surface area contributed by atoms with Gasteiger partial charge in [-0.15, -0.1) is 11.3 Å². The Morgan fingerprint density at radius 2 is 1.90 bits per heavy atom. The number of aryl methyl sites for hydroxylation is 1. The van der Waals surface area contributed by atoms with Crippen LogP contribution in [0, 0.1) is 13.8 Å². The molecule has 2 aliphatic heterocycles. The maximum Gasteiger partial charge on any atom is 0.328 e. The Labute approximate surface area is 229 Å². The van der Waals surface area contributed by atoms with Crippen LogP contribution in [0.5, 0.6) is 5.75 Å². The third kappa shape index (κ3) is 5.37. The van der Waals surface area contributed by atoms with Gasteiger partial charge in [0, 0.05) is 37.2 Å². The van der Waals surface area contributed by atoms with Gasteiger partial charge in [0.2, 0.25) is 0 Å². The van der Waals surface area contributed by atoms with Crippen LogP contribution >= 0.6 is 11.3 Å². The summed E-state index contributed by atoms with van der Waals surface area (Å²) in [5.74, 6) is -1.44. The molecule has 202 valence electrons. The second-order valence-electron chi connectivity index (χ2n) is 9.78. The first-order valence-electron chi connectivity index (χ1n) is 12.7. The van der Waals surface area contributed by atoms with Crippen molar-refractivity contribution in [2.45, 2.75) is 39.3 Å². The van der Waals surface area contributed by atoms with E-state index in [1.807, 2.05) is 31.2 Å². The minimum absolute atomic E-state index is 0.0648. The van der Waals surface area contributed by atoms with E-state index in [2.05, 4.69) is 10.6 Å². The molecule has 9 nitrogen and oxygen atoms in total. The average Bonchev–Trinajstić information content (AvgIpc) is 3.62. The van der Waals surface area contributed by atoms with Crippen LogP contribution < -0.4 is 15.4 Å². The van der Waals surface area contributed by atoms with Crippen LogP contribution in [-0.2, 0) is 24.2 Å². The topological polar surface area (TPSA) is 125 Å². The van der Waals surface area contributed by atoms with Crippen LogP contribution in [0.2, 0.25) is 0 Å². The highest BCUT2D eigenvalue weighted by atomic mass is 32.1. The van der Waals surface area contributed by atoms with Crippen molar-refractivity contribution < 1.29 is 29.0 Å². The van der Waals surface area contributed by atoms with Gasteiger partial charge in [0.05, 0.1) is 11.5 Å². The summed E-state index contributed by atoms with van der Waals surface area (Å²) < 4.78 is 5.62. The lowest BCUT2D eigenvalue weighted by atomic mass is 9.88. The molecule has 2 aromatic carbocycles. The van der Waals surface area contributed by atoms with Crippen LogP contribution in [0.15, 0.2) is 41.8 Å². The molecule has 0 aliphatic carbocycles. The number of thiophene rings is 1. The highest BCUT2D eigenvalue weighted by Gasteiger charge is 2.29. The van der Waals surface area contributed by atoms with E-state index in [0.29, 0.717) is 47.7 Å². The van der Waals surface area contributed by atoms with Gasteiger partial charge in [-0.1, -0.05) is 18.2 Å². The van der Waals surface area contributed by atoms with Crippen LogP contribution in [-0.4, -0.2) is 59.4 Å². The molecule has 0 saturated heterocycles. The fraction of sp³-hybridized carbons (Fsp3) is 0.310. The maximum absolute atomic E-state index is 13.2. The molecule has 1 aromatic heterocycles. The fourth-order valence-corrected chi connectivity index (χ4v) is 5.89. The molecule has 39 heavy (non-hydrogen) atoms. The molecule has 1 atom stereocenters. The number of carbonyl (C=O) groups excluding carboxylic acids is 3. The lowest BCUT2D eigenvalue weighted by Gasteiger charge is -2.31. The van der Waals surface area contributed by atoms with Gasteiger partial charge >= 0.3 is 5.97 Å². The van der Waals surface area contributed by atoms with E-state index in [9.17, 15) is 24.3 Å². The third-order valence-electron chi connectivity index (χ3n) is 7.27. The van der Waals surface area contributed by atoms with Crippen molar-refractivity contribution in [3.8, 4) is 5.75 Å². The number of carboxylic acid groups (broad SMARTS) is 1. The predicted molar refractivity (Wildman–Crippen MR) is 146 cm³/mol. The molecular formula is C29H29N3O6S. The quantitative estimate of drug-likeness (QED) is 0.418. The van der Waals surface area contributed by atoms with E-state index >= 15 is 0 Å². The van der Waals surface area contributed by atoms with E-state index in [1.54, 1.807) is 29.3 Å². The number of ether oxygens (including phenoxy) is 1. The smallest absolute Gasteiger partial charge is 0.328 e. The van der Waals surface area contributed by atoms with Crippen LogP contribution in [0.4, 0.5) is 0 Å². The number of benzene rings is 2. The summed E-state index contributed by atoms with van der Waals surface area (Å²) in [6.45, 7) is 4.96. The summed E-state index contributed by atoms with van der Waals surface area (Å²) in [4.78, 5) is 52.8. The van der Waals surface area contributed by atoms with Gasteiger partial charge in [-0.25, -0.2) is 4.79 Å². The maximum atomic E-state index is 13.2. The first-order chi connectivity index (χ1) is 18.7. The molecule has 0 fully saturated rings. The molecule has 0 bridgehead atoms. The number of hydrogen-bond acceptors (Lipinski definition) is 6. The number of rotatable bonds is 7. The lowest BCUT2D eigenvalue weighted by Crippen LogP contribution is -2.48. The van der Waals surface area contributed by atoms with E-state index in [0.717, 1.165) is 34.4 Å². The number of carboxylic acids is 1. The van der Waals surface area contributed by atoms with E-state index in [4.69, 9.17) is 4.74 Å². The summed E-state index contributed by atoms with van der Waals surface area (Å²) in [7, 11) is 0. The van der Waals surface area contributed by atoms with Gasteiger partial charge in [0.15, 0.2) is 0 Å². The second-order valence-corrected chi connectivity index (χ2v) is 10.7. The Morgan fingerprint density at radius 3 is 2.64 bits per heavy atom. The minimum atomic E-state index is -1.29. The number of nitrogens with zero attached hydrogens (tertiary/aromatic N) is 1. The van der Waals surface area contributed by atoms with E-state index < -0.39 is 23.8 Å². The zero-order chi connectivity index (χ0) is 27.7. The standard InChI is InChI=1S/C29H29N3O6S/c1-16-12-20-15-32(28(35)19-6-5-18-8-10-38-23(18)13-19)9-7-21(20)17(2)25(16)27(34)31-22(29(36)37)14-30-26(33)24-4-3-11-39-24/h3-6,11-13,22H,7-10,14-15H2,1-2H3,(H,30,33)(H,31,34)(H,36,37)/t22-/m0/s1. The number of fused-ring (bicyclic) bond motifs is 2. The van der Waals surface area contributed by atoms with Gasteiger partial charge in [-0.05, 0) is 71.7 Å². The Bertz CT molecular complexity index is 1470. The largest absolute Gasteiger partial charge is 0.493 e. The summed E-state index contributed by atoms with van der Waals surface area (Å²) >= 11 is 1.25. The summed E-state index contributed by atoms with van der Waals surface area (Å²) in [5.41, 5.74) is 5.54. The first-order valence-corrected chi connectivity index (χ1v) is 13.6. The van der Waals surface area contributed by atoms with Gasteiger partial charge in [-0.2, -0.15) is 0 Å². The van der Waals surface area contributed by atoms with Crippen molar-refractivity contribution in [2.24, 2.45) is 0 Å². The molecule has 5 rings (SSSR count). The van der Waals surface area contributed by atoms with E-state index in [-0.39, 0.29) is 12.5 Å². The lowest BCUT2D eigenvalue weighted by molar-refractivity contribution is -0.139. The minimum Gasteiger partial charge on any atom is -0.493 e. The summed E-state index contributed by atoms with van der Waals surface area (Å²) in [5, 5.41) is 16.6. The van der Waals surface area contributed by atoms with Crippen molar-refractivity contribution in [1.82, 2.24) is 15.5 Å². The summed E-state index contributed by atoms with van der Waals surface area (Å²) in [6.07, 6.45) is 1.43. The molecule has 3 aromatic rings. The van der Waals surface area contributed by atoms with Crippen LogP contribution in [0.25, 0.3) is 0 Å². The third-order valence-corrected chi connectivity index (χ3v) is 8.13. The van der Waals surface area contributed by atoms with Crippen LogP contribution in [0.3, 0.4) is 0 Å². The van der Waals surface area contributed by atoms with Gasteiger partial charge in [0.1, 0.15) is 11.8 Å². The molecular weight excluding hydrogens is 518 g/mol. The van der Waals surface area contributed by atoms with Crippen molar-refractivity contribution in [2.75, 3.05) is 19.7 Å². The molecule has 3 N–H and O–H groups in total. The summed E-state index contributed by atoms with van der Waals surface area (Å²) in [6, 6.07) is 9.59. The van der Waals surface area contributed by atoms with Gasteiger partial charge in [-0.3, -0.25) is 14.4 Å². The van der Waals surface area contributed by atoms with Gasteiger partial charge < -0.3 is 25.4 Å². The highest BCUT2D eigenvalue weighted by Crippen LogP contribution is 2.30. The molecule has 3 amide bonds. The molecule has 2 aliphatic rings. The molecule has 0 unspecified atom stereocenters. The highest BCUT2D eigenvalue weighted by molar-refractivity contribution is 7.12. The zero-order valence-corrected chi connectivity index (χ0v) is 22.5. The van der Waals surface area contributed by atoms with Crippen molar-refractivity contribution >= 4 is 35.0 Å². The Kier molecular flexibility index (Phi) is 7.38. The number of hydrogen-bond donors (Lipinski definition) is 3. The van der Waals surface area contributed by atoms with Crippen molar-refractivity contribution in [1.29, 1.82) is 0 Å². The molecule has 0 saturated carbocycles. The Hall–Kier alpha value is -4.18. The zero-order valence-electron chi connectivity index (χ0n) is 21.7. The van der Waals surface area contributed by atoms with Gasteiger partial charge in [0.25, 0.3) is 17.7 Å². The normalized spacial score (nSPS) is 14.6. The number of nitrogens with one attached hydrogen (secondary N) is 2. The fourth-order valence-electron chi connectivity index (χ4n) is 5.25. The first kappa shape index (κ1) is 26.4. The van der Waals surface area contributed by atoms with Crippen molar-refractivity contribution in [3.63, 3.8) is 0 Å².